The van der Waals surface area contributed by atoms with Crippen molar-refractivity contribution in [2.45, 2.75) is 0 Å². The maximum absolute atomic E-state index is 13.7. The van der Waals surface area contributed by atoms with Crippen LogP contribution < -0.4 is 11.3 Å². The number of halogens is 1. The summed E-state index contributed by atoms with van der Waals surface area (Å²) in [6.07, 6.45) is 3.43. The number of nitrogens with one attached hydrogen (secondary N) is 1. The number of rotatable bonds is 3. The van der Waals surface area contributed by atoms with Crippen molar-refractivity contribution in [2.75, 3.05) is 0 Å². The molecule has 0 bridgehead atoms. The molecule has 0 aliphatic heterocycles. The Morgan fingerprint density at radius 2 is 1.88 bits per heavy atom. The van der Waals surface area contributed by atoms with Gasteiger partial charge in [-0.05, 0) is 41.5 Å². The average molecular weight is 348 g/mol. The number of pyridine rings is 1. The van der Waals surface area contributed by atoms with Crippen LogP contribution in [0.5, 0.6) is 0 Å². The lowest BCUT2D eigenvalue weighted by atomic mass is 10.1. The van der Waals surface area contributed by atoms with Crippen LogP contribution >= 0.6 is 0 Å². The number of aromatic amines is 1. The van der Waals surface area contributed by atoms with Gasteiger partial charge in [-0.15, -0.1) is 0 Å². The zero-order valence-electron chi connectivity index (χ0n) is 13.4. The fourth-order valence-corrected chi connectivity index (χ4v) is 2.92. The Labute approximate surface area is 146 Å². The minimum Gasteiger partial charge on any atom is -0.366 e. The molecule has 4 rings (SSSR count). The van der Waals surface area contributed by atoms with E-state index in [-0.39, 0.29) is 16.5 Å². The van der Waals surface area contributed by atoms with Crippen LogP contribution in [-0.2, 0) is 0 Å². The summed E-state index contributed by atoms with van der Waals surface area (Å²) in [5.74, 6) is -1.50. The van der Waals surface area contributed by atoms with Gasteiger partial charge in [-0.2, -0.15) is 0 Å². The van der Waals surface area contributed by atoms with E-state index in [9.17, 15) is 14.0 Å². The Balaban J connectivity index is 1.85. The number of carbonyl (C=O) groups excluding carboxylic acids is 1. The van der Waals surface area contributed by atoms with Crippen LogP contribution in [0.1, 0.15) is 10.4 Å². The zero-order chi connectivity index (χ0) is 18.3. The van der Waals surface area contributed by atoms with Gasteiger partial charge in [0.15, 0.2) is 0 Å². The molecule has 6 nitrogen and oxygen atoms in total. The summed E-state index contributed by atoms with van der Waals surface area (Å²) in [4.78, 5) is 28.3. The van der Waals surface area contributed by atoms with E-state index in [2.05, 4.69) is 10.1 Å². The molecule has 0 atom stereocenters. The van der Waals surface area contributed by atoms with Gasteiger partial charge < -0.3 is 5.73 Å². The molecule has 0 saturated heterocycles. The summed E-state index contributed by atoms with van der Waals surface area (Å²) in [6.45, 7) is 0. The van der Waals surface area contributed by atoms with E-state index in [4.69, 9.17) is 5.73 Å². The van der Waals surface area contributed by atoms with Crippen LogP contribution in [0.15, 0.2) is 65.7 Å². The van der Waals surface area contributed by atoms with Crippen LogP contribution in [-0.4, -0.2) is 20.7 Å². The number of hydrogen-bond donors (Lipinski definition) is 2. The third-order valence-corrected chi connectivity index (χ3v) is 4.14. The number of carbonyl (C=O) groups is 1. The van der Waals surface area contributed by atoms with Crippen molar-refractivity contribution >= 4 is 16.8 Å². The maximum atomic E-state index is 13.7. The molecule has 26 heavy (non-hydrogen) atoms. The number of H-pyrrole nitrogens is 1. The number of nitrogens with two attached hydrogens (primary N) is 1. The molecule has 0 unspecified atom stereocenters. The van der Waals surface area contributed by atoms with Gasteiger partial charge in [-0.1, -0.05) is 18.2 Å². The Hall–Kier alpha value is -3.74. The molecule has 0 fully saturated rings. The van der Waals surface area contributed by atoms with Crippen molar-refractivity contribution < 1.29 is 9.18 Å². The van der Waals surface area contributed by atoms with Gasteiger partial charge in [0.1, 0.15) is 5.82 Å². The summed E-state index contributed by atoms with van der Waals surface area (Å²) in [7, 11) is 0. The molecular weight excluding hydrogens is 335 g/mol. The van der Waals surface area contributed by atoms with E-state index in [0.717, 1.165) is 23.3 Å². The second kappa shape index (κ2) is 5.96. The van der Waals surface area contributed by atoms with E-state index < -0.39 is 17.3 Å². The van der Waals surface area contributed by atoms with E-state index in [1.807, 2.05) is 24.3 Å². The fraction of sp³-hybridized carbons (Fsp3) is 0. The monoisotopic (exact) mass is 348 g/mol. The molecule has 0 aliphatic rings. The highest BCUT2D eigenvalue weighted by molar-refractivity contribution is 6.05. The number of fused-ring (bicyclic) bond motifs is 1. The van der Waals surface area contributed by atoms with E-state index in [1.54, 1.807) is 24.5 Å². The van der Waals surface area contributed by atoms with Gasteiger partial charge in [0.2, 0.25) is 5.91 Å². The number of benzene rings is 2. The molecule has 128 valence electrons. The Kier molecular flexibility index (Phi) is 3.62. The van der Waals surface area contributed by atoms with Crippen molar-refractivity contribution in [3.05, 3.63) is 82.7 Å². The number of nitrogens with zero attached hydrogens (tertiary/aromatic N) is 2. The predicted octanol–water partition coefficient (Wildman–Crippen LogP) is 2.62. The molecule has 0 radical (unpaired) electrons. The van der Waals surface area contributed by atoms with E-state index in [0.29, 0.717) is 5.69 Å². The largest absolute Gasteiger partial charge is 0.366 e. The normalized spacial score (nSPS) is 11.0. The smallest absolute Gasteiger partial charge is 0.279 e. The lowest BCUT2D eigenvalue weighted by Gasteiger charge is -2.04. The third kappa shape index (κ3) is 2.55. The first-order chi connectivity index (χ1) is 12.5. The van der Waals surface area contributed by atoms with Gasteiger partial charge in [0.05, 0.1) is 22.2 Å². The first kappa shape index (κ1) is 15.8. The molecule has 2 heterocycles. The fourth-order valence-electron chi connectivity index (χ4n) is 2.92. The van der Waals surface area contributed by atoms with Crippen LogP contribution in [0.25, 0.3) is 27.7 Å². The quantitative estimate of drug-likeness (QED) is 0.596. The summed E-state index contributed by atoms with van der Waals surface area (Å²) < 4.78 is 15.0. The highest BCUT2D eigenvalue weighted by atomic mass is 19.1. The molecule has 4 aromatic rings. The second-order valence-electron chi connectivity index (χ2n) is 5.78. The maximum Gasteiger partial charge on any atom is 0.279 e. The van der Waals surface area contributed by atoms with Crippen molar-refractivity contribution in [1.29, 1.82) is 0 Å². The summed E-state index contributed by atoms with van der Waals surface area (Å²) in [6, 6.07) is 13.1. The van der Waals surface area contributed by atoms with Gasteiger partial charge in [0, 0.05) is 12.4 Å². The highest BCUT2D eigenvalue weighted by Gasteiger charge is 2.17. The summed E-state index contributed by atoms with van der Waals surface area (Å²) in [5.41, 5.74) is 7.30. The van der Waals surface area contributed by atoms with Crippen molar-refractivity contribution in [3.63, 3.8) is 0 Å². The molecule has 0 spiro atoms. The zero-order valence-corrected chi connectivity index (χ0v) is 13.4. The van der Waals surface area contributed by atoms with Crippen LogP contribution in [0.2, 0.25) is 0 Å². The third-order valence-electron chi connectivity index (χ3n) is 4.14. The van der Waals surface area contributed by atoms with Gasteiger partial charge >= 0.3 is 0 Å². The molecule has 0 aliphatic carbocycles. The molecular formula is C19H13FN4O2. The topological polar surface area (TPSA) is 93.8 Å². The Morgan fingerprint density at radius 1 is 1.12 bits per heavy atom. The minimum atomic E-state index is -0.857. The highest BCUT2D eigenvalue weighted by Crippen LogP contribution is 2.21. The number of aromatic nitrogens is 3. The van der Waals surface area contributed by atoms with E-state index >= 15 is 0 Å². The van der Waals surface area contributed by atoms with Crippen molar-refractivity contribution in [3.8, 4) is 16.8 Å². The SMILES string of the molecule is NC(=O)c1cc(F)cc2[nH]n(-c3ccc(-c4cccnc4)cc3)c(=O)c12. The van der Waals surface area contributed by atoms with Gasteiger partial charge in [-0.25, -0.2) is 9.07 Å². The molecule has 2 aromatic heterocycles. The number of primary amides is 1. The Morgan fingerprint density at radius 3 is 2.54 bits per heavy atom. The standard InChI is InChI=1S/C19H13FN4O2/c20-13-8-15(18(21)25)17-16(9-13)23-24(19(17)26)14-5-3-11(4-6-14)12-2-1-7-22-10-12/h1-10,23H,(H2,21,25). The first-order valence-corrected chi connectivity index (χ1v) is 7.79. The van der Waals surface area contributed by atoms with Gasteiger partial charge in [-0.3, -0.25) is 19.7 Å². The lowest BCUT2D eigenvalue weighted by molar-refractivity contribution is 0.100. The average Bonchev–Trinajstić information content (AvgIpc) is 2.98. The number of amides is 1. The number of hydrogen-bond acceptors (Lipinski definition) is 3. The molecule has 7 heteroatoms. The van der Waals surface area contributed by atoms with Crippen LogP contribution in [0, 0.1) is 5.82 Å². The molecule has 2 aromatic carbocycles. The van der Waals surface area contributed by atoms with Crippen LogP contribution in [0.4, 0.5) is 4.39 Å². The second-order valence-corrected chi connectivity index (χ2v) is 5.78. The van der Waals surface area contributed by atoms with Crippen molar-refractivity contribution in [1.82, 2.24) is 14.8 Å². The summed E-state index contributed by atoms with van der Waals surface area (Å²) >= 11 is 0. The molecule has 0 saturated carbocycles. The Bertz CT molecular complexity index is 1180. The predicted molar refractivity (Wildman–Crippen MR) is 95.6 cm³/mol. The van der Waals surface area contributed by atoms with E-state index in [1.165, 1.54) is 4.68 Å². The van der Waals surface area contributed by atoms with Gasteiger partial charge in [0.25, 0.3) is 5.56 Å². The first-order valence-electron chi connectivity index (χ1n) is 7.79. The molecule has 3 N–H and O–H groups in total. The van der Waals surface area contributed by atoms with Crippen molar-refractivity contribution in [2.24, 2.45) is 5.73 Å². The van der Waals surface area contributed by atoms with Crippen LogP contribution in [0.3, 0.4) is 0 Å². The minimum absolute atomic E-state index is 0.0650. The lowest BCUT2D eigenvalue weighted by Crippen LogP contribution is -2.18. The summed E-state index contributed by atoms with van der Waals surface area (Å²) in [5, 5.41) is 2.88. The molecule has 1 amide bonds.